The lowest BCUT2D eigenvalue weighted by atomic mass is 9.75. The third-order valence-corrected chi connectivity index (χ3v) is 7.90. The summed E-state index contributed by atoms with van der Waals surface area (Å²) in [6.45, 7) is 4.00. The number of Topliss-reactive ketones (excluding diaryl/α,β-unsaturated/α-hetero) is 1. The second-order valence-corrected chi connectivity index (χ2v) is 11.2. The third kappa shape index (κ3) is 3.91. The van der Waals surface area contributed by atoms with Gasteiger partial charge in [-0.05, 0) is 41.5 Å². The molecule has 0 spiro atoms. The molecule has 1 aliphatic carbocycles. The maximum absolute atomic E-state index is 13.9. The highest BCUT2D eigenvalue weighted by molar-refractivity contribution is 7.13. The van der Waals surface area contributed by atoms with Crippen molar-refractivity contribution in [3.8, 4) is 26.8 Å². The number of fused-ring (bicyclic) bond motifs is 1. The molecule has 0 bridgehead atoms. The van der Waals surface area contributed by atoms with Gasteiger partial charge in [0.25, 0.3) is 11.5 Å². The van der Waals surface area contributed by atoms with Crippen LogP contribution in [0.3, 0.4) is 0 Å². The molecule has 9 heteroatoms. The molecular weight excluding hydrogens is 490 g/mol. The van der Waals surface area contributed by atoms with Crippen LogP contribution < -0.4 is 11.3 Å². The maximum atomic E-state index is 13.9. The highest BCUT2D eigenvalue weighted by Gasteiger charge is 2.35. The molecule has 0 unspecified atom stereocenters. The number of halogens is 1. The Balaban J connectivity index is 1.75. The highest BCUT2D eigenvalue weighted by atomic mass is 35.5. The van der Waals surface area contributed by atoms with E-state index in [1.807, 2.05) is 31.4 Å². The van der Waals surface area contributed by atoms with Gasteiger partial charge in [0.15, 0.2) is 5.78 Å². The van der Waals surface area contributed by atoms with Crippen LogP contribution in [0.5, 0.6) is 0 Å². The molecule has 2 N–H and O–H groups in total. The molecule has 0 atom stereocenters. The molecule has 0 fully saturated rings. The lowest BCUT2D eigenvalue weighted by molar-refractivity contribution is 0.0908. The predicted octanol–water partition coefficient (Wildman–Crippen LogP) is 5.60. The first kappa shape index (κ1) is 22.7. The van der Waals surface area contributed by atoms with Gasteiger partial charge < -0.3 is 5.73 Å². The molecule has 0 radical (unpaired) electrons. The highest BCUT2D eigenvalue weighted by Crippen LogP contribution is 2.38. The van der Waals surface area contributed by atoms with Crippen molar-refractivity contribution in [3.05, 3.63) is 79.4 Å². The number of aromatic nitrogens is 2. The minimum atomic E-state index is -0.622. The molecule has 1 aromatic carbocycles. The summed E-state index contributed by atoms with van der Waals surface area (Å²) in [7, 11) is 0. The van der Waals surface area contributed by atoms with Crippen molar-refractivity contribution in [2.45, 2.75) is 26.7 Å². The van der Waals surface area contributed by atoms with E-state index in [9.17, 15) is 14.4 Å². The third-order valence-electron chi connectivity index (χ3n) is 5.88. The minimum Gasteiger partial charge on any atom is -0.366 e. The number of carbonyl (C=O) groups is 2. The SMILES string of the molecule is CC1(C)CC(=O)c2cc(-c3nc(-c4ccc(Cl)cc4)cs3)c(=O)n(-c3sccc3C(N)=O)c2C1. The fourth-order valence-corrected chi connectivity index (χ4v) is 6.18. The molecule has 34 heavy (non-hydrogen) atoms. The van der Waals surface area contributed by atoms with Crippen molar-refractivity contribution in [2.24, 2.45) is 11.1 Å². The van der Waals surface area contributed by atoms with Crippen molar-refractivity contribution >= 4 is 46.0 Å². The lowest BCUT2D eigenvalue weighted by Crippen LogP contribution is -2.35. The zero-order valence-corrected chi connectivity index (χ0v) is 20.8. The van der Waals surface area contributed by atoms with Gasteiger partial charge in [0.1, 0.15) is 10.0 Å². The Morgan fingerprint density at radius 2 is 1.82 bits per heavy atom. The molecule has 0 saturated heterocycles. The van der Waals surface area contributed by atoms with Gasteiger partial charge in [0.2, 0.25) is 0 Å². The molecule has 1 aliphatic rings. The zero-order chi connectivity index (χ0) is 24.2. The summed E-state index contributed by atoms with van der Waals surface area (Å²) in [6, 6.07) is 10.6. The van der Waals surface area contributed by atoms with Gasteiger partial charge >= 0.3 is 0 Å². The number of primary amides is 1. The predicted molar refractivity (Wildman–Crippen MR) is 136 cm³/mol. The number of thiophene rings is 1. The second kappa shape index (κ2) is 8.30. The van der Waals surface area contributed by atoms with Crippen molar-refractivity contribution < 1.29 is 9.59 Å². The number of hydrogen-bond donors (Lipinski definition) is 1. The number of rotatable bonds is 4. The number of nitrogens with zero attached hydrogens (tertiary/aromatic N) is 2. The van der Waals surface area contributed by atoms with Crippen molar-refractivity contribution in [1.29, 1.82) is 0 Å². The molecule has 3 aromatic heterocycles. The average molecular weight is 510 g/mol. The quantitative estimate of drug-likeness (QED) is 0.387. The van der Waals surface area contributed by atoms with Crippen LogP contribution in [0.15, 0.2) is 52.0 Å². The normalized spacial score (nSPS) is 14.7. The number of hydrogen-bond acceptors (Lipinski definition) is 6. The Morgan fingerprint density at radius 3 is 2.53 bits per heavy atom. The van der Waals surface area contributed by atoms with Gasteiger partial charge in [-0.3, -0.25) is 19.0 Å². The van der Waals surface area contributed by atoms with Gasteiger partial charge in [-0.1, -0.05) is 37.6 Å². The molecule has 0 aliphatic heterocycles. The van der Waals surface area contributed by atoms with E-state index in [4.69, 9.17) is 17.3 Å². The van der Waals surface area contributed by atoms with E-state index >= 15 is 0 Å². The molecule has 0 saturated carbocycles. The largest absolute Gasteiger partial charge is 0.366 e. The van der Waals surface area contributed by atoms with Gasteiger partial charge in [0, 0.05) is 33.6 Å². The Labute approximate surface area is 208 Å². The standard InChI is InChI=1S/C25H20ClN3O3S2/c1-25(2)10-19-16(20(30)11-25)9-17(23(32)29(19)24-15(21(27)31)7-8-33-24)22-28-18(12-34-22)13-3-5-14(26)6-4-13/h3-9,12H,10-11H2,1-2H3,(H2,27,31). The molecule has 172 valence electrons. The Kier molecular flexibility index (Phi) is 5.55. The zero-order valence-electron chi connectivity index (χ0n) is 18.4. The van der Waals surface area contributed by atoms with Gasteiger partial charge in [-0.15, -0.1) is 22.7 Å². The number of ketones is 1. The summed E-state index contributed by atoms with van der Waals surface area (Å²) in [4.78, 5) is 43.8. The Morgan fingerprint density at radius 1 is 1.09 bits per heavy atom. The Bertz CT molecular complexity index is 1510. The summed E-state index contributed by atoms with van der Waals surface area (Å²) in [6.07, 6.45) is 0.895. The van der Waals surface area contributed by atoms with E-state index in [0.29, 0.717) is 50.4 Å². The summed E-state index contributed by atoms with van der Waals surface area (Å²) in [5, 5.41) is 5.14. The van der Waals surface area contributed by atoms with E-state index in [0.717, 1.165) is 5.56 Å². The maximum Gasteiger partial charge on any atom is 0.266 e. The smallest absolute Gasteiger partial charge is 0.266 e. The topological polar surface area (TPSA) is 95.1 Å². The van der Waals surface area contributed by atoms with Crippen LogP contribution in [0.1, 0.15) is 46.7 Å². The first-order valence-corrected chi connectivity index (χ1v) is 12.7. The van der Waals surface area contributed by atoms with Crippen LogP contribution in [0, 0.1) is 5.41 Å². The van der Waals surface area contributed by atoms with Gasteiger partial charge in [-0.25, -0.2) is 4.98 Å². The summed E-state index contributed by atoms with van der Waals surface area (Å²) in [5.41, 5.74) is 8.20. The van der Waals surface area contributed by atoms with Crippen molar-refractivity contribution in [2.75, 3.05) is 0 Å². The minimum absolute atomic E-state index is 0.0343. The first-order valence-electron chi connectivity index (χ1n) is 10.6. The number of thiazole rings is 1. The summed E-state index contributed by atoms with van der Waals surface area (Å²) >= 11 is 8.57. The molecule has 3 heterocycles. The number of amides is 1. The molecule has 5 rings (SSSR count). The number of nitrogens with two attached hydrogens (primary N) is 1. The van der Waals surface area contributed by atoms with Crippen LogP contribution >= 0.6 is 34.3 Å². The van der Waals surface area contributed by atoms with Gasteiger partial charge in [0.05, 0.1) is 16.8 Å². The van der Waals surface area contributed by atoms with Crippen LogP contribution in [0.4, 0.5) is 0 Å². The fraction of sp³-hybridized carbons (Fsp3) is 0.200. The van der Waals surface area contributed by atoms with E-state index in [-0.39, 0.29) is 22.3 Å². The van der Waals surface area contributed by atoms with E-state index in [1.54, 1.807) is 29.6 Å². The Hall–Kier alpha value is -3.07. The van der Waals surface area contributed by atoms with E-state index in [1.165, 1.54) is 27.2 Å². The van der Waals surface area contributed by atoms with Crippen LogP contribution in [0.2, 0.25) is 5.02 Å². The summed E-state index contributed by atoms with van der Waals surface area (Å²) in [5.74, 6) is -0.657. The molecule has 6 nitrogen and oxygen atoms in total. The van der Waals surface area contributed by atoms with Crippen molar-refractivity contribution in [3.63, 3.8) is 0 Å². The fourth-order valence-electron chi connectivity index (χ4n) is 4.29. The number of benzene rings is 1. The average Bonchev–Trinajstić information content (AvgIpc) is 3.43. The first-order chi connectivity index (χ1) is 16.1. The van der Waals surface area contributed by atoms with E-state index < -0.39 is 5.91 Å². The number of pyridine rings is 1. The lowest BCUT2D eigenvalue weighted by Gasteiger charge is -2.32. The van der Waals surface area contributed by atoms with Crippen molar-refractivity contribution in [1.82, 2.24) is 9.55 Å². The second-order valence-electron chi connectivity index (χ2n) is 9.05. The summed E-state index contributed by atoms with van der Waals surface area (Å²) < 4.78 is 1.50. The molecule has 1 amide bonds. The molecule has 4 aromatic rings. The van der Waals surface area contributed by atoms with Gasteiger partial charge in [-0.2, -0.15) is 0 Å². The van der Waals surface area contributed by atoms with E-state index in [2.05, 4.69) is 4.98 Å². The van der Waals surface area contributed by atoms with Crippen LogP contribution in [-0.2, 0) is 6.42 Å². The molecular formula is C25H20ClN3O3S2. The van der Waals surface area contributed by atoms with Crippen LogP contribution in [-0.4, -0.2) is 21.2 Å². The van der Waals surface area contributed by atoms with Crippen LogP contribution in [0.25, 0.3) is 26.8 Å². The monoisotopic (exact) mass is 509 g/mol. The number of carbonyl (C=O) groups excluding carboxylic acids is 2.